The lowest BCUT2D eigenvalue weighted by Crippen LogP contribution is -2.20. The summed E-state index contributed by atoms with van der Waals surface area (Å²) in [5.74, 6) is -0.0122. The number of methoxy groups -OCH3 is 1. The lowest BCUT2D eigenvalue weighted by molar-refractivity contribution is -0.124. The number of amides is 2. The molecule has 2 amide bonds. The van der Waals surface area contributed by atoms with Gasteiger partial charge >= 0.3 is 0 Å². The Morgan fingerprint density at radius 2 is 1.67 bits per heavy atom. The highest BCUT2D eigenvalue weighted by molar-refractivity contribution is 5.94. The fraction of sp³-hybridized carbons (Fsp3) is 0.167. The summed E-state index contributed by atoms with van der Waals surface area (Å²) in [7, 11) is 1.53. The van der Waals surface area contributed by atoms with Gasteiger partial charge in [-0.1, -0.05) is 42.5 Å². The van der Waals surface area contributed by atoms with Crippen molar-refractivity contribution in [3.8, 4) is 5.75 Å². The van der Waals surface area contributed by atoms with Crippen molar-refractivity contribution >= 4 is 23.7 Å². The topological polar surface area (TPSA) is 79.8 Å². The maximum absolute atomic E-state index is 11.9. The lowest BCUT2D eigenvalue weighted by atomic mass is 10.2. The fourth-order valence-corrected chi connectivity index (χ4v) is 1.96. The minimum Gasteiger partial charge on any atom is -0.495 e. The molecular weight excluding hydrogens is 306 g/mol. The van der Waals surface area contributed by atoms with Crippen molar-refractivity contribution in [1.82, 2.24) is 5.43 Å². The first-order chi connectivity index (χ1) is 11.7. The molecule has 0 aliphatic carbocycles. The number of rotatable bonds is 7. The van der Waals surface area contributed by atoms with Crippen molar-refractivity contribution in [3.63, 3.8) is 0 Å². The van der Waals surface area contributed by atoms with E-state index in [0.29, 0.717) is 11.4 Å². The van der Waals surface area contributed by atoms with E-state index in [-0.39, 0.29) is 24.7 Å². The molecule has 2 N–H and O–H groups in total. The molecule has 2 aromatic rings. The molecule has 124 valence electrons. The molecule has 0 atom stereocenters. The van der Waals surface area contributed by atoms with E-state index in [1.54, 1.807) is 24.4 Å². The summed E-state index contributed by atoms with van der Waals surface area (Å²) >= 11 is 0. The molecule has 0 fully saturated rings. The Morgan fingerprint density at radius 1 is 1.00 bits per heavy atom. The third-order valence-electron chi connectivity index (χ3n) is 3.16. The van der Waals surface area contributed by atoms with Gasteiger partial charge in [0.2, 0.25) is 11.8 Å². The first kappa shape index (κ1) is 17.2. The quantitative estimate of drug-likeness (QED) is 0.606. The molecule has 6 heteroatoms. The first-order valence-corrected chi connectivity index (χ1v) is 7.49. The van der Waals surface area contributed by atoms with Crippen LogP contribution in [-0.2, 0) is 9.59 Å². The predicted octanol–water partition coefficient (Wildman–Crippen LogP) is 2.56. The van der Waals surface area contributed by atoms with E-state index < -0.39 is 0 Å². The maximum atomic E-state index is 11.9. The zero-order chi connectivity index (χ0) is 17.2. The van der Waals surface area contributed by atoms with Crippen LogP contribution in [0.25, 0.3) is 0 Å². The van der Waals surface area contributed by atoms with Gasteiger partial charge < -0.3 is 10.1 Å². The van der Waals surface area contributed by atoms with Crippen molar-refractivity contribution in [3.05, 3.63) is 60.2 Å². The second-order valence-corrected chi connectivity index (χ2v) is 4.95. The first-order valence-electron chi connectivity index (χ1n) is 7.49. The summed E-state index contributed by atoms with van der Waals surface area (Å²) in [6.45, 7) is 0. The van der Waals surface area contributed by atoms with Crippen molar-refractivity contribution in [1.29, 1.82) is 0 Å². The molecule has 0 radical (unpaired) electrons. The molecule has 0 unspecified atom stereocenters. The van der Waals surface area contributed by atoms with Gasteiger partial charge in [-0.15, -0.1) is 0 Å². The van der Waals surface area contributed by atoms with Crippen LogP contribution in [0.5, 0.6) is 5.75 Å². The molecule has 24 heavy (non-hydrogen) atoms. The van der Waals surface area contributed by atoms with Crippen LogP contribution in [0.1, 0.15) is 18.4 Å². The molecule has 0 aliphatic rings. The number of nitrogens with zero attached hydrogens (tertiary/aromatic N) is 1. The number of nitrogens with one attached hydrogen (secondary N) is 2. The Bertz CT molecular complexity index is 714. The Morgan fingerprint density at radius 3 is 2.42 bits per heavy atom. The van der Waals surface area contributed by atoms with Gasteiger partial charge in [0.1, 0.15) is 5.75 Å². The molecule has 0 saturated carbocycles. The average Bonchev–Trinajstić information content (AvgIpc) is 2.61. The predicted molar refractivity (Wildman–Crippen MR) is 93.0 cm³/mol. The Kier molecular flexibility index (Phi) is 6.52. The monoisotopic (exact) mass is 325 g/mol. The van der Waals surface area contributed by atoms with Crippen molar-refractivity contribution < 1.29 is 14.3 Å². The van der Waals surface area contributed by atoms with E-state index in [2.05, 4.69) is 15.8 Å². The molecule has 0 saturated heterocycles. The van der Waals surface area contributed by atoms with Crippen molar-refractivity contribution in [2.45, 2.75) is 12.8 Å². The van der Waals surface area contributed by atoms with Crippen molar-refractivity contribution in [2.24, 2.45) is 5.10 Å². The third-order valence-corrected chi connectivity index (χ3v) is 3.16. The molecule has 2 aromatic carbocycles. The smallest absolute Gasteiger partial charge is 0.240 e. The minimum absolute atomic E-state index is 0.0487. The van der Waals surface area contributed by atoms with E-state index in [0.717, 1.165) is 5.56 Å². The van der Waals surface area contributed by atoms with E-state index in [4.69, 9.17) is 4.74 Å². The number of hydrazone groups is 1. The second-order valence-electron chi connectivity index (χ2n) is 4.95. The largest absolute Gasteiger partial charge is 0.495 e. The van der Waals surface area contributed by atoms with Gasteiger partial charge in [-0.25, -0.2) is 5.43 Å². The normalized spacial score (nSPS) is 10.4. The van der Waals surface area contributed by atoms with E-state index in [1.807, 2.05) is 36.4 Å². The number of para-hydroxylation sites is 2. The fourth-order valence-electron chi connectivity index (χ4n) is 1.96. The van der Waals surface area contributed by atoms with Gasteiger partial charge in [0.25, 0.3) is 0 Å². The van der Waals surface area contributed by atoms with Gasteiger partial charge in [-0.3, -0.25) is 9.59 Å². The van der Waals surface area contributed by atoms with E-state index in [1.165, 1.54) is 7.11 Å². The molecular formula is C18H19N3O3. The van der Waals surface area contributed by atoms with Crippen LogP contribution in [-0.4, -0.2) is 25.1 Å². The summed E-state index contributed by atoms with van der Waals surface area (Å²) in [4.78, 5) is 23.6. The van der Waals surface area contributed by atoms with Crippen LogP contribution < -0.4 is 15.5 Å². The minimum atomic E-state index is -0.322. The van der Waals surface area contributed by atoms with Crippen LogP contribution in [0.4, 0.5) is 5.69 Å². The maximum Gasteiger partial charge on any atom is 0.240 e. The van der Waals surface area contributed by atoms with Crippen LogP contribution in [0.15, 0.2) is 59.7 Å². The molecule has 0 aliphatic heterocycles. The van der Waals surface area contributed by atoms with Crippen LogP contribution in [0, 0.1) is 0 Å². The van der Waals surface area contributed by atoms with Gasteiger partial charge in [-0.05, 0) is 17.7 Å². The molecule has 2 rings (SSSR count). The summed E-state index contributed by atoms with van der Waals surface area (Å²) < 4.78 is 5.15. The Hall–Kier alpha value is -3.15. The zero-order valence-corrected chi connectivity index (χ0v) is 13.4. The molecule has 0 aromatic heterocycles. The number of carbonyl (C=O) groups is 2. The Labute approximate surface area is 140 Å². The summed E-state index contributed by atoms with van der Waals surface area (Å²) in [6.07, 6.45) is 1.66. The standard InChI is InChI=1S/C18H19N3O3/c1-24-16-10-6-5-9-15(16)20-17(22)11-12-18(23)21-19-13-14-7-3-2-4-8-14/h2-10,13H,11-12H2,1H3,(H,20,22)(H,21,23)/b19-13+. The SMILES string of the molecule is COc1ccccc1NC(=O)CCC(=O)N/N=C/c1ccccc1. The number of ether oxygens (including phenoxy) is 1. The number of hydrogen-bond acceptors (Lipinski definition) is 4. The molecule has 0 heterocycles. The van der Waals surface area contributed by atoms with Crippen LogP contribution in [0.2, 0.25) is 0 Å². The van der Waals surface area contributed by atoms with Gasteiger partial charge in [0, 0.05) is 12.8 Å². The number of hydrogen-bond donors (Lipinski definition) is 2. The second kappa shape index (κ2) is 9.09. The summed E-state index contributed by atoms with van der Waals surface area (Å²) in [5, 5.41) is 6.57. The third kappa shape index (κ3) is 5.57. The highest BCUT2D eigenvalue weighted by Gasteiger charge is 2.09. The van der Waals surface area contributed by atoms with Crippen LogP contribution in [0.3, 0.4) is 0 Å². The van der Waals surface area contributed by atoms with E-state index in [9.17, 15) is 9.59 Å². The van der Waals surface area contributed by atoms with E-state index >= 15 is 0 Å². The summed E-state index contributed by atoms with van der Waals surface area (Å²) in [6, 6.07) is 16.5. The van der Waals surface area contributed by atoms with Gasteiger partial charge in [-0.2, -0.15) is 5.10 Å². The van der Waals surface area contributed by atoms with Gasteiger partial charge in [0.15, 0.2) is 0 Å². The number of anilines is 1. The lowest BCUT2D eigenvalue weighted by Gasteiger charge is -2.09. The number of carbonyl (C=O) groups excluding carboxylic acids is 2. The molecule has 6 nitrogen and oxygen atoms in total. The van der Waals surface area contributed by atoms with Crippen LogP contribution >= 0.6 is 0 Å². The molecule has 0 spiro atoms. The van der Waals surface area contributed by atoms with Gasteiger partial charge in [0.05, 0.1) is 19.0 Å². The number of benzene rings is 2. The highest BCUT2D eigenvalue weighted by atomic mass is 16.5. The zero-order valence-electron chi connectivity index (χ0n) is 13.4. The Balaban J connectivity index is 1.75. The average molecular weight is 325 g/mol. The molecule has 0 bridgehead atoms. The summed E-state index contributed by atoms with van der Waals surface area (Å²) in [5.41, 5.74) is 3.86. The highest BCUT2D eigenvalue weighted by Crippen LogP contribution is 2.23. The van der Waals surface area contributed by atoms with Crippen molar-refractivity contribution in [2.75, 3.05) is 12.4 Å².